The van der Waals surface area contributed by atoms with Gasteiger partial charge < -0.3 is 15.4 Å². The molecule has 19 heavy (non-hydrogen) atoms. The fourth-order valence-electron chi connectivity index (χ4n) is 1.70. The summed E-state index contributed by atoms with van der Waals surface area (Å²) in [6.07, 6.45) is 0. The van der Waals surface area contributed by atoms with Gasteiger partial charge in [0.2, 0.25) is 5.91 Å². The van der Waals surface area contributed by atoms with E-state index in [0.29, 0.717) is 12.5 Å². The molecule has 0 fully saturated rings. The Balaban J connectivity index is 2.38. The molecule has 1 aromatic carbocycles. The third kappa shape index (κ3) is 5.85. The lowest BCUT2D eigenvalue weighted by atomic mass is 10.2. The lowest BCUT2D eigenvalue weighted by Gasteiger charge is -2.17. The van der Waals surface area contributed by atoms with Crippen molar-refractivity contribution in [3.63, 3.8) is 0 Å². The third-order valence-electron chi connectivity index (χ3n) is 2.94. The number of benzene rings is 1. The molecule has 0 heterocycles. The summed E-state index contributed by atoms with van der Waals surface area (Å²) in [7, 11) is 1.68. The normalized spacial score (nSPS) is 13.9. The zero-order chi connectivity index (χ0) is 14.3. The summed E-state index contributed by atoms with van der Waals surface area (Å²) in [5, 5.41) is 6.10. The SMILES string of the molecule is COCC(C)CNC(C)C(=O)Nc1ccc(C)cc1. The van der Waals surface area contributed by atoms with E-state index in [9.17, 15) is 4.79 Å². The highest BCUT2D eigenvalue weighted by Gasteiger charge is 2.13. The molecule has 1 amide bonds. The molecule has 4 nitrogen and oxygen atoms in total. The van der Waals surface area contributed by atoms with Gasteiger partial charge in [-0.3, -0.25) is 4.79 Å². The third-order valence-corrected chi connectivity index (χ3v) is 2.94. The lowest BCUT2D eigenvalue weighted by Crippen LogP contribution is -2.40. The van der Waals surface area contributed by atoms with Crippen LogP contribution in [-0.4, -0.2) is 32.2 Å². The maximum atomic E-state index is 12.0. The van der Waals surface area contributed by atoms with Crippen molar-refractivity contribution >= 4 is 11.6 Å². The number of hydrogen-bond acceptors (Lipinski definition) is 3. The minimum Gasteiger partial charge on any atom is -0.384 e. The molecule has 0 aliphatic rings. The van der Waals surface area contributed by atoms with Gasteiger partial charge in [0.25, 0.3) is 0 Å². The molecule has 2 unspecified atom stereocenters. The van der Waals surface area contributed by atoms with Crippen molar-refractivity contribution in [3.05, 3.63) is 29.8 Å². The van der Waals surface area contributed by atoms with Crippen molar-refractivity contribution in [2.24, 2.45) is 5.92 Å². The molecule has 1 rings (SSSR count). The zero-order valence-corrected chi connectivity index (χ0v) is 12.2. The number of carbonyl (C=O) groups is 1. The topological polar surface area (TPSA) is 50.4 Å². The number of ether oxygens (including phenoxy) is 1. The number of methoxy groups -OCH3 is 1. The number of carbonyl (C=O) groups excluding carboxylic acids is 1. The van der Waals surface area contributed by atoms with E-state index in [4.69, 9.17) is 4.74 Å². The van der Waals surface area contributed by atoms with Crippen molar-refractivity contribution in [2.75, 3.05) is 25.6 Å². The van der Waals surface area contributed by atoms with Gasteiger partial charge in [0.05, 0.1) is 6.04 Å². The molecule has 0 bridgehead atoms. The van der Waals surface area contributed by atoms with Crippen LogP contribution in [0.15, 0.2) is 24.3 Å². The Morgan fingerprint density at radius 3 is 2.47 bits per heavy atom. The summed E-state index contributed by atoms with van der Waals surface area (Å²) in [5.74, 6) is 0.369. The molecule has 2 atom stereocenters. The molecule has 0 aliphatic heterocycles. The first kappa shape index (κ1) is 15.7. The van der Waals surface area contributed by atoms with E-state index < -0.39 is 0 Å². The van der Waals surface area contributed by atoms with Gasteiger partial charge in [-0.25, -0.2) is 0 Å². The van der Waals surface area contributed by atoms with Gasteiger partial charge in [0, 0.05) is 25.9 Å². The highest BCUT2D eigenvalue weighted by molar-refractivity contribution is 5.94. The second-order valence-corrected chi connectivity index (χ2v) is 5.05. The molecule has 0 saturated carbocycles. The first-order valence-electron chi connectivity index (χ1n) is 6.62. The quantitative estimate of drug-likeness (QED) is 0.793. The van der Waals surface area contributed by atoms with E-state index in [1.54, 1.807) is 7.11 Å². The van der Waals surface area contributed by atoms with Gasteiger partial charge in [0.1, 0.15) is 0 Å². The molecular formula is C15H24N2O2. The largest absolute Gasteiger partial charge is 0.384 e. The predicted octanol–water partition coefficient (Wildman–Crippen LogP) is 2.19. The van der Waals surface area contributed by atoms with E-state index in [0.717, 1.165) is 12.2 Å². The molecule has 0 radical (unpaired) electrons. The van der Waals surface area contributed by atoms with Crippen LogP contribution in [0.2, 0.25) is 0 Å². The molecule has 106 valence electrons. The summed E-state index contributed by atoms with van der Waals surface area (Å²) >= 11 is 0. The van der Waals surface area contributed by atoms with E-state index in [1.807, 2.05) is 38.1 Å². The minimum atomic E-state index is -0.222. The van der Waals surface area contributed by atoms with Crippen LogP contribution in [0.25, 0.3) is 0 Å². The van der Waals surface area contributed by atoms with Crippen LogP contribution in [0.3, 0.4) is 0 Å². The van der Waals surface area contributed by atoms with Crippen molar-refractivity contribution in [1.82, 2.24) is 5.32 Å². The number of nitrogens with one attached hydrogen (secondary N) is 2. The second kappa shape index (κ2) is 7.92. The van der Waals surface area contributed by atoms with Crippen molar-refractivity contribution in [3.8, 4) is 0 Å². The second-order valence-electron chi connectivity index (χ2n) is 5.05. The Morgan fingerprint density at radius 1 is 1.26 bits per heavy atom. The molecular weight excluding hydrogens is 240 g/mol. The lowest BCUT2D eigenvalue weighted by molar-refractivity contribution is -0.117. The Morgan fingerprint density at radius 2 is 1.89 bits per heavy atom. The number of aryl methyl sites for hydroxylation is 1. The van der Waals surface area contributed by atoms with Gasteiger partial charge in [-0.1, -0.05) is 24.6 Å². The first-order valence-corrected chi connectivity index (χ1v) is 6.62. The van der Waals surface area contributed by atoms with E-state index in [-0.39, 0.29) is 11.9 Å². The molecule has 4 heteroatoms. The number of anilines is 1. The van der Waals surface area contributed by atoms with Crippen molar-refractivity contribution < 1.29 is 9.53 Å². The highest BCUT2D eigenvalue weighted by atomic mass is 16.5. The van der Waals surface area contributed by atoms with Crippen molar-refractivity contribution in [1.29, 1.82) is 0 Å². The van der Waals surface area contributed by atoms with Crippen LogP contribution < -0.4 is 10.6 Å². The van der Waals surface area contributed by atoms with Crippen LogP contribution >= 0.6 is 0 Å². The molecule has 2 N–H and O–H groups in total. The van der Waals surface area contributed by atoms with Gasteiger partial charge >= 0.3 is 0 Å². The minimum absolute atomic E-state index is 0.0199. The Bertz CT molecular complexity index is 390. The van der Waals surface area contributed by atoms with Gasteiger partial charge in [-0.2, -0.15) is 0 Å². The molecule has 0 aliphatic carbocycles. The molecule has 0 saturated heterocycles. The average Bonchev–Trinajstić information content (AvgIpc) is 2.39. The average molecular weight is 264 g/mol. The maximum absolute atomic E-state index is 12.0. The van der Waals surface area contributed by atoms with E-state index >= 15 is 0 Å². The van der Waals surface area contributed by atoms with E-state index in [1.165, 1.54) is 5.56 Å². The summed E-state index contributed by atoms with van der Waals surface area (Å²) < 4.78 is 5.06. The van der Waals surface area contributed by atoms with Gasteiger partial charge in [0.15, 0.2) is 0 Å². The summed E-state index contributed by atoms with van der Waals surface area (Å²) in [5.41, 5.74) is 2.01. The van der Waals surface area contributed by atoms with Crippen LogP contribution in [0.5, 0.6) is 0 Å². The maximum Gasteiger partial charge on any atom is 0.241 e. The Kier molecular flexibility index (Phi) is 6.53. The van der Waals surface area contributed by atoms with Crippen LogP contribution in [0.1, 0.15) is 19.4 Å². The fourth-order valence-corrected chi connectivity index (χ4v) is 1.70. The summed E-state index contributed by atoms with van der Waals surface area (Å²) in [4.78, 5) is 12.0. The Labute approximate surface area is 115 Å². The summed E-state index contributed by atoms with van der Waals surface area (Å²) in [6, 6.07) is 7.56. The zero-order valence-electron chi connectivity index (χ0n) is 12.2. The summed E-state index contributed by atoms with van der Waals surface area (Å²) in [6.45, 7) is 7.42. The highest BCUT2D eigenvalue weighted by Crippen LogP contribution is 2.08. The Hall–Kier alpha value is -1.39. The van der Waals surface area contributed by atoms with E-state index in [2.05, 4.69) is 17.6 Å². The number of rotatable bonds is 7. The van der Waals surface area contributed by atoms with Crippen LogP contribution in [0, 0.1) is 12.8 Å². The number of hydrogen-bond donors (Lipinski definition) is 2. The van der Waals surface area contributed by atoms with Crippen LogP contribution in [-0.2, 0) is 9.53 Å². The smallest absolute Gasteiger partial charge is 0.241 e. The van der Waals surface area contributed by atoms with Gasteiger partial charge in [-0.05, 0) is 31.9 Å². The number of amides is 1. The fraction of sp³-hybridized carbons (Fsp3) is 0.533. The molecule has 1 aromatic rings. The first-order chi connectivity index (χ1) is 9.02. The van der Waals surface area contributed by atoms with Gasteiger partial charge in [-0.15, -0.1) is 0 Å². The standard InChI is InChI=1S/C15H24N2O2/c1-11-5-7-14(8-6-11)17-15(18)13(3)16-9-12(2)10-19-4/h5-8,12-13,16H,9-10H2,1-4H3,(H,17,18). The predicted molar refractivity (Wildman–Crippen MR) is 78.3 cm³/mol. The monoisotopic (exact) mass is 264 g/mol. The van der Waals surface area contributed by atoms with Crippen LogP contribution in [0.4, 0.5) is 5.69 Å². The molecule has 0 spiro atoms. The van der Waals surface area contributed by atoms with Crippen molar-refractivity contribution in [2.45, 2.75) is 26.8 Å². The molecule has 0 aromatic heterocycles.